The smallest absolute Gasteiger partial charge is 0.326 e. The Balaban J connectivity index is 2.78. The van der Waals surface area contributed by atoms with Crippen LogP contribution in [0, 0.1) is 0 Å². The van der Waals surface area contributed by atoms with E-state index in [0.717, 1.165) is 12.5 Å². The normalized spacial score (nSPS) is 12.2. The van der Waals surface area contributed by atoms with E-state index in [1.807, 2.05) is 6.92 Å². The highest BCUT2D eigenvalue weighted by Gasteiger charge is 2.20. The molecular weight excluding hydrogens is 268 g/mol. The number of rotatable bonds is 7. The molecule has 0 aliphatic rings. The standard InChI is InChI=1S/C14H17F2NO3/c1-2-3-7-11(14(19)20)17-13(18)10-6-4-5-9(8-10)12(15)16/h4-6,8,11-12H,2-3,7H2,1H3,(H,17,18)(H,19,20). The number of alkyl halides is 2. The molecule has 1 aromatic rings. The van der Waals surface area contributed by atoms with Crippen LogP contribution in [0.1, 0.15) is 48.5 Å². The van der Waals surface area contributed by atoms with Crippen molar-refractivity contribution in [3.8, 4) is 0 Å². The first-order valence-corrected chi connectivity index (χ1v) is 6.37. The van der Waals surface area contributed by atoms with Crippen molar-refractivity contribution in [1.29, 1.82) is 0 Å². The predicted molar refractivity (Wildman–Crippen MR) is 69.8 cm³/mol. The number of halogens is 2. The number of carboxylic acid groups (broad SMARTS) is 1. The van der Waals surface area contributed by atoms with Gasteiger partial charge in [-0.2, -0.15) is 0 Å². The van der Waals surface area contributed by atoms with Crippen molar-refractivity contribution in [2.75, 3.05) is 0 Å². The van der Waals surface area contributed by atoms with Crippen molar-refractivity contribution < 1.29 is 23.5 Å². The molecule has 0 aromatic heterocycles. The van der Waals surface area contributed by atoms with Gasteiger partial charge in [-0.05, 0) is 18.6 Å². The van der Waals surface area contributed by atoms with Gasteiger partial charge in [0.25, 0.3) is 12.3 Å². The van der Waals surface area contributed by atoms with Gasteiger partial charge >= 0.3 is 5.97 Å². The van der Waals surface area contributed by atoms with E-state index >= 15 is 0 Å². The van der Waals surface area contributed by atoms with E-state index in [-0.39, 0.29) is 11.1 Å². The largest absolute Gasteiger partial charge is 0.480 e. The minimum Gasteiger partial charge on any atom is -0.480 e. The SMILES string of the molecule is CCCCC(NC(=O)c1cccc(C(F)F)c1)C(=O)O. The molecule has 4 nitrogen and oxygen atoms in total. The van der Waals surface area contributed by atoms with Crippen LogP contribution in [0.4, 0.5) is 8.78 Å². The molecule has 110 valence electrons. The number of aliphatic carboxylic acids is 1. The number of carboxylic acids is 1. The molecule has 20 heavy (non-hydrogen) atoms. The summed E-state index contributed by atoms with van der Waals surface area (Å²) in [4.78, 5) is 22.9. The maximum absolute atomic E-state index is 12.5. The van der Waals surface area contributed by atoms with Gasteiger partial charge in [0.1, 0.15) is 6.04 Å². The third-order valence-corrected chi connectivity index (χ3v) is 2.85. The van der Waals surface area contributed by atoms with Crippen LogP contribution in [0.3, 0.4) is 0 Å². The van der Waals surface area contributed by atoms with Crippen molar-refractivity contribution in [3.05, 3.63) is 35.4 Å². The average Bonchev–Trinajstić information content (AvgIpc) is 2.42. The monoisotopic (exact) mass is 285 g/mol. The van der Waals surface area contributed by atoms with Gasteiger partial charge < -0.3 is 10.4 Å². The maximum atomic E-state index is 12.5. The van der Waals surface area contributed by atoms with Crippen molar-refractivity contribution >= 4 is 11.9 Å². The Kier molecular flexibility index (Phi) is 6.09. The first-order chi connectivity index (χ1) is 9.45. The summed E-state index contributed by atoms with van der Waals surface area (Å²) in [6.45, 7) is 1.91. The molecule has 0 saturated heterocycles. The van der Waals surface area contributed by atoms with Crippen LogP contribution in [0.2, 0.25) is 0 Å². The second-order valence-electron chi connectivity index (χ2n) is 4.43. The second-order valence-corrected chi connectivity index (χ2v) is 4.43. The zero-order valence-corrected chi connectivity index (χ0v) is 11.1. The van der Waals surface area contributed by atoms with Gasteiger partial charge in [0.05, 0.1) is 0 Å². The molecule has 1 unspecified atom stereocenters. The van der Waals surface area contributed by atoms with Crippen molar-refractivity contribution in [1.82, 2.24) is 5.32 Å². The van der Waals surface area contributed by atoms with E-state index in [4.69, 9.17) is 5.11 Å². The summed E-state index contributed by atoms with van der Waals surface area (Å²) in [6, 6.07) is 4.00. The minimum atomic E-state index is -2.67. The van der Waals surface area contributed by atoms with Crippen molar-refractivity contribution in [3.63, 3.8) is 0 Å². The Labute approximate surface area is 115 Å². The van der Waals surface area contributed by atoms with Gasteiger partial charge in [0.15, 0.2) is 0 Å². The van der Waals surface area contributed by atoms with Crippen LogP contribution < -0.4 is 5.32 Å². The van der Waals surface area contributed by atoms with Crippen LogP contribution in [0.25, 0.3) is 0 Å². The molecule has 1 amide bonds. The topological polar surface area (TPSA) is 66.4 Å². The van der Waals surface area contributed by atoms with Crippen LogP contribution in [-0.2, 0) is 4.79 Å². The molecule has 1 rings (SSSR count). The summed E-state index contributed by atoms with van der Waals surface area (Å²) >= 11 is 0. The summed E-state index contributed by atoms with van der Waals surface area (Å²) in [5.74, 6) is -1.78. The Hall–Kier alpha value is -1.98. The van der Waals surface area contributed by atoms with Crippen LogP contribution in [0.5, 0.6) is 0 Å². The van der Waals surface area contributed by atoms with E-state index < -0.39 is 24.3 Å². The van der Waals surface area contributed by atoms with Gasteiger partial charge in [-0.25, -0.2) is 13.6 Å². The number of nitrogens with one attached hydrogen (secondary N) is 1. The fraction of sp³-hybridized carbons (Fsp3) is 0.429. The summed E-state index contributed by atoms with van der Waals surface area (Å²) in [6.07, 6.45) is -0.890. The van der Waals surface area contributed by atoms with Gasteiger partial charge in [0.2, 0.25) is 0 Å². The molecule has 0 aliphatic carbocycles. The fourth-order valence-corrected chi connectivity index (χ4v) is 1.72. The number of carbonyl (C=O) groups excluding carboxylic acids is 1. The first kappa shape index (κ1) is 16.1. The fourth-order valence-electron chi connectivity index (χ4n) is 1.72. The molecule has 0 heterocycles. The van der Waals surface area contributed by atoms with Crippen LogP contribution in [0.15, 0.2) is 24.3 Å². The highest BCUT2D eigenvalue weighted by molar-refractivity contribution is 5.96. The molecule has 2 N–H and O–H groups in total. The molecule has 1 aromatic carbocycles. The highest BCUT2D eigenvalue weighted by Crippen LogP contribution is 2.19. The first-order valence-electron chi connectivity index (χ1n) is 6.37. The van der Waals surface area contributed by atoms with Crippen molar-refractivity contribution in [2.24, 2.45) is 0 Å². The lowest BCUT2D eigenvalue weighted by Crippen LogP contribution is -2.40. The van der Waals surface area contributed by atoms with Gasteiger partial charge in [-0.15, -0.1) is 0 Å². The average molecular weight is 285 g/mol. The van der Waals surface area contributed by atoms with E-state index in [1.165, 1.54) is 18.2 Å². The number of benzene rings is 1. The van der Waals surface area contributed by atoms with Gasteiger partial charge in [-0.1, -0.05) is 31.9 Å². The number of amides is 1. The molecule has 0 radical (unpaired) electrons. The van der Waals surface area contributed by atoms with E-state index in [0.29, 0.717) is 12.8 Å². The van der Waals surface area contributed by atoms with E-state index in [2.05, 4.69) is 5.32 Å². The predicted octanol–water partition coefficient (Wildman–Crippen LogP) is 3.00. The van der Waals surface area contributed by atoms with Crippen LogP contribution in [-0.4, -0.2) is 23.0 Å². The molecule has 0 bridgehead atoms. The van der Waals surface area contributed by atoms with Gasteiger partial charge in [0, 0.05) is 11.1 Å². The summed E-state index contributed by atoms with van der Waals surface area (Å²) < 4.78 is 25.1. The Morgan fingerprint density at radius 2 is 2.05 bits per heavy atom. The van der Waals surface area contributed by atoms with Gasteiger partial charge in [-0.3, -0.25) is 4.79 Å². The molecule has 0 aliphatic heterocycles. The lowest BCUT2D eigenvalue weighted by molar-refractivity contribution is -0.139. The minimum absolute atomic E-state index is 0.0329. The summed E-state index contributed by atoms with van der Waals surface area (Å²) in [5.41, 5.74) is -0.233. The van der Waals surface area contributed by atoms with E-state index in [9.17, 15) is 18.4 Å². The zero-order valence-electron chi connectivity index (χ0n) is 11.1. The maximum Gasteiger partial charge on any atom is 0.326 e. The Morgan fingerprint density at radius 3 is 2.60 bits per heavy atom. The molecule has 1 atom stereocenters. The third kappa shape index (κ3) is 4.60. The number of unbranched alkanes of at least 4 members (excludes halogenated alkanes) is 1. The molecular formula is C14H17F2NO3. The molecule has 0 spiro atoms. The lowest BCUT2D eigenvalue weighted by atomic mass is 10.1. The Bertz CT molecular complexity index is 477. The summed E-state index contributed by atoms with van der Waals surface area (Å²) in [7, 11) is 0. The molecule has 0 fully saturated rings. The second kappa shape index (κ2) is 7.57. The van der Waals surface area contributed by atoms with E-state index in [1.54, 1.807) is 0 Å². The number of hydrogen-bond donors (Lipinski definition) is 2. The zero-order chi connectivity index (χ0) is 15.1. The molecule has 0 saturated carbocycles. The number of hydrogen-bond acceptors (Lipinski definition) is 2. The summed E-state index contributed by atoms with van der Waals surface area (Å²) in [5, 5.41) is 11.4. The van der Waals surface area contributed by atoms with Crippen molar-refractivity contribution in [2.45, 2.75) is 38.7 Å². The highest BCUT2D eigenvalue weighted by atomic mass is 19.3. The number of carbonyl (C=O) groups is 2. The van der Waals surface area contributed by atoms with Crippen LogP contribution >= 0.6 is 0 Å². The lowest BCUT2D eigenvalue weighted by Gasteiger charge is -2.14. The Morgan fingerprint density at radius 1 is 1.35 bits per heavy atom. The third-order valence-electron chi connectivity index (χ3n) is 2.85. The molecule has 6 heteroatoms. The quantitative estimate of drug-likeness (QED) is 0.809.